The maximum Gasteiger partial charge on any atom is 0.393 e. The molecule has 8 heteroatoms. The first-order chi connectivity index (χ1) is 13.7. The lowest BCUT2D eigenvalue weighted by Gasteiger charge is -2.43. The molecule has 4 rings (SSSR count). The summed E-state index contributed by atoms with van der Waals surface area (Å²) in [4.78, 5) is 0. The van der Waals surface area contributed by atoms with Crippen LogP contribution >= 0.6 is 11.6 Å². The number of nitrogens with zero attached hydrogens (tertiary/aromatic N) is 3. The van der Waals surface area contributed by atoms with Crippen LogP contribution in [0.15, 0.2) is 48.5 Å². The third-order valence-electron chi connectivity index (χ3n) is 5.49. The number of alkyl halides is 4. The molecule has 3 aromatic rings. The number of aromatic nitrogens is 3. The van der Waals surface area contributed by atoms with Crippen LogP contribution in [0.1, 0.15) is 29.8 Å². The molecule has 3 nitrogen and oxygen atoms in total. The molecule has 2 aromatic carbocycles. The molecule has 1 aromatic heterocycles. The van der Waals surface area contributed by atoms with E-state index in [2.05, 4.69) is 10.2 Å². The molecule has 1 fully saturated rings. The van der Waals surface area contributed by atoms with Gasteiger partial charge in [0.15, 0.2) is 5.82 Å². The topological polar surface area (TPSA) is 30.7 Å². The standard InChI is InChI=1S/C21H18ClF4N3/c1-29-18(17-5-3-2-4-13(17)10-21(24,25)26)27-28-19(29)20(11-16(23)12-20)14-6-8-15(22)9-7-14/h2-9,16H,10-12H2,1H3. The summed E-state index contributed by atoms with van der Waals surface area (Å²) in [5, 5.41) is 9.05. The maximum atomic E-state index is 14.0. The number of rotatable bonds is 4. The Morgan fingerprint density at radius 3 is 2.34 bits per heavy atom. The van der Waals surface area contributed by atoms with Crippen molar-refractivity contribution < 1.29 is 17.6 Å². The van der Waals surface area contributed by atoms with Crippen LogP contribution in [0.3, 0.4) is 0 Å². The summed E-state index contributed by atoms with van der Waals surface area (Å²) in [5.74, 6) is 0.862. The Bertz CT molecular complexity index is 1020. The van der Waals surface area contributed by atoms with Crippen LogP contribution in [0.4, 0.5) is 17.6 Å². The molecule has 0 saturated heterocycles. The second kappa shape index (κ2) is 7.13. The molecule has 1 aliphatic carbocycles. The van der Waals surface area contributed by atoms with Crippen LogP contribution < -0.4 is 0 Å². The zero-order valence-electron chi connectivity index (χ0n) is 15.5. The van der Waals surface area contributed by atoms with Gasteiger partial charge in [-0.2, -0.15) is 13.2 Å². The molecule has 0 spiro atoms. The van der Waals surface area contributed by atoms with Crippen LogP contribution in [0, 0.1) is 0 Å². The van der Waals surface area contributed by atoms with Gasteiger partial charge >= 0.3 is 6.18 Å². The zero-order valence-corrected chi connectivity index (χ0v) is 16.3. The Labute approximate surface area is 170 Å². The second-order valence-corrected chi connectivity index (χ2v) is 7.89. The predicted molar refractivity (Wildman–Crippen MR) is 103 cm³/mol. The van der Waals surface area contributed by atoms with Gasteiger partial charge in [-0.3, -0.25) is 0 Å². The molecular weight excluding hydrogens is 406 g/mol. The van der Waals surface area contributed by atoms with Crippen molar-refractivity contribution in [3.8, 4) is 11.4 Å². The Kier molecular flexibility index (Phi) is 4.89. The van der Waals surface area contributed by atoms with E-state index in [1.165, 1.54) is 6.07 Å². The molecule has 0 bridgehead atoms. The molecule has 1 aliphatic rings. The third-order valence-corrected chi connectivity index (χ3v) is 5.74. The van der Waals surface area contributed by atoms with Crippen LogP contribution in [0.5, 0.6) is 0 Å². The Morgan fingerprint density at radius 1 is 1.07 bits per heavy atom. The minimum Gasteiger partial charge on any atom is -0.313 e. The van der Waals surface area contributed by atoms with Crippen molar-refractivity contribution in [2.75, 3.05) is 0 Å². The van der Waals surface area contributed by atoms with Crippen molar-refractivity contribution in [2.45, 2.75) is 37.0 Å². The Hall–Kier alpha value is -2.41. The van der Waals surface area contributed by atoms with E-state index in [4.69, 9.17) is 11.6 Å². The summed E-state index contributed by atoms with van der Waals surface area (Å²) in [6.07, 6.45) is -5.88. The second-order valence-electron chi connectivity index (χ2n) is 7.45. The van der Waals surface area contributed by atoms with E-state index in [-0.39, 0.29) is 18.4 Å². The van der Waals surface area contributed by atoms with Gasteiger partial charge in [0.05, 0.1) is 11.8 Å². The van der Waals surface area contributed by atoms with Gasteiger partial charge in [0.1, 0.15) is 12.0 Å². The van der Waals surface area contributed by atoms with Crippen LogP contribution in [0.25, 0.3) is 11.4 Å². The van der Waals surface area contributed by atoms with E-state index in [1.807, 2.05) is 12.1 Å². The fraction of sp³-hybridized carbons (Fsp3) is 0.333. The normalized spacial score (nSPS) is 21.8. The maximum absolute atomic E-state index is 14.0. The van der Waals surface area contributed by atoms with Crippen molar-refractivity contribution in [1.82, 2.24) is 14.8 Å². The fourth-order valence-corrected chi connectivity index (χ4v) is 4.23. The summed E-state index contributed by atoms with van der Waals surface area (Å²) < 4.78 is 54.6. The van der Waals surface area contributed by atoms with Gasteiger partial charge in [-0.1, -0.05) is 48.0 Å². The van der Waals surface area contributed by atoms with Crippen molar-refractivity contribution in [2.24, 2.45) is 7.05 Å². The minimum absolute atomic E-state index is 0.125. The zero-order chi connectivity index (χ0) is 20.8. The number of hydrogen-bond acceptors (Lipinski definition) is 2. The van der Waals surface area contributed by atoms with Crippen molar-refractivity contribution in [3.05, 3.63) is 70.5 Å². The molecule has 1 saturated carbocycles. The molecule has 29 heavy (non-hydrogen) atoms. The summed E-state index contributed by atoms with van der Waals surface area (Å²) in [5.41, 5.74) is 0.678. The number of hydrogen-bond donors (Lipinski definition) is 0. The average Bonchev–Trinajstić information content (AvgIpc) is 3.00. The molecule has 0 unspecified atom stereocenters. The Balaban J connectivity index is 1.79. The number of halogens is 5. The first-order valence-electron chi connectivity index (χ1n) is 9.15. The van der Waals surface area contributed by atoms with E-state index in [0.29, 0.717) is 22.2 Å². The highest BCUT2D eigenvalue weighted by atomic mass is 35.5. The molecule has 0 aliphatic heterocycles. The SMILES string of the molecule is Cn1c(-c2ccccc2CC(F)(F)F)nnc1C1(c2ccc(Cl)cc2)CC(F)C1. The van der Waals surface area contributed by atoms with E-state index in [9.17, 15) is 17.6 Å². The molecular formula is C21H18ClF4N3. The van der Waals surface area contributed by atoms with Gasteiger partial charge in [0, 0.05) is 17.6 Å². The fourth-order valence-electron chi connectivity index (χ4n) is 4.10. The predicted octanol–water partition coefficient (Wildman–Crippen LogP) is 5.66. The third kappa shape index (κ3) is 3.64. The van der Waals surface area contributed by atoms with Gasteiger partial charge in [0.25, 0.3) is 0 Å². The van der Waals surface area contributed by atoms with E-state index in [1.54, 1.807) is 41.9 Å². The van der Waals surface area contributed by atoms with Crippen molar-refractivity contribution in [3.63, 3.8) is 0 Å². The van der Waals surface area contributed by atoms with Crippen molar-refractivity contribution in [1.29, 1.82) is 0 Å². The lowest BCUT2D eigenvalue weighted by Crippen LogP contribution is -2.45. The van der Waals surface area contributed by atoms with Gasteiger partial charge in [0.2, 0.25) is 0 Å². The van der Waals surface area contributed by atoms with Gasteiger partial charge < -0.3 is 4.57 Å². The molecule has 0 amide bonds. The lowest BCUT2D eigenvalue weighted by molar-refractivity contribution is -0.127. The quantitative estimate of drug-likeness (QED) is 0.507. The highest BCUT2D eigenvalue weighted by Crippen LogP contribution is 2.50. The van der Waals surface area contributed by atoms with E-state index >= 15 is 0 Å². The minimum atomic E-state index is -4.34. The van der Waals surface area contributed by atoms with E-state index < -0.39 is 24.2 Å². The Morgan fingerprint density at radius 2 is 1.72 bits per heavy atom. The highest BCUT2D eigenvalue weighted by molar-refractivity contribution is 6.30. The van der Waals surface area contributed by atoms with Gasteiger partial charge in [-0.25, -0.2) is 4.39 Å². The van der Waals surface area contributed by atoms with Crippen LogP contribution in [-0.2, 0) is 18.9 Å². The summed E-state index contributed by atoms with van der Waals surface area (Å²) in [6, 6.07) is 13.4. The van der Waals surface area contributed by atoms with Gasteiger partial charge in [-0.05, 0) is 36.1 Å². The largest absolute Gasteiger partial charge is 0.393 e. The molecule has 0 radical (unpaired) electrons. The molecule has 0 N–H and O–H groups in total. The smallest absolute Gasteiger partial charge is 0.313 e. The van der Waals surface area contributed by atoms with Gasteiger partial charge in [-0.15, -0.1) is 10.2 Å². The monoisotopic (exact) mass is 423 g/mol. The summed E-state index contributed by atoms with van der Waals surface area (Å²) in [6.45, 7) is 0. The summed E-state index contributed by atoms with van der Waals surface area (Å²) in [7, 11) is 1.71. The summed E-state index contributed by atoms with van der Waals surface area (Å²) >= 11 is 5.98. The first-order valence-corrected chi connectivity index (χ1v) is 9.52. The lowest BCUT2D eigenvalue weighted by atomic mass is 9.62. The highest BCUT2D eigenvalue weighted by Gasteiger charge is 2.50. The van der Waals surface area contributed by atoms with Crippen LogP contribution in [0.2, 0.25) is 5.02 Å². The molecule has 0 atom stereocenters. The first kappa shape index (κ1) is 19.9. The van der Waals surface area contributed by atoms with Crippen molar-refractivity contribution >= 4 is 11.6 Å². The molecule has 1 heterocycles. The van der Waals surface area contributed by atoms with Crippen LogP contribution in [-0.4, -0.2) is 27.1 Å². The van der Waals surface area contributed by atoms with E-state index in [0.717, 1.165) is 5.56 Å². The number of benzene rings is 2. The average molecular weight is 424 g/mol. The molecule has 152 valence electrons.